The lowest BCUT2D eigenvalue weighted by atomic mass is 9.95. The van der Waals surface area contributed by atoms with E-state index in [0.717, 1.165) is 27.5 Å². The smallest absolute Gasteiger partial charge is 0.123 e. The van der Waals surface area contributed by atoms with Gasteiger partial charge in [-0.3, -0.25) is 0 Å². The number of aryl methyl sites for hydroxylation is 1. The first-order valence-corrected chi connectivity index (χ1v) is 6.16. The summed E-state index contributed by atoms with van der Waals surface area (Å²) in [7, 11) is 1.65. The summed E-state index contributed by atoms with van der Waals surface area (Å²) in [6.45, 7) is 2.01. The Labute approximate surface area is 112 Å². The summed E-state index contributed by atoms with van der Waals surface area (Å²) in [6, 6.07) is 13.3. The number of methoxy groups -OCH3 is 1. The van der Waals surface area contributed by atoms with Crippen molar-refractivity contribution in [1.29, 1.82) is 0 Å². The molecular formula is C15H16ClNO. The van der Waals surface area contributed by atoms with Crippen LogP contribution >= 0.6 is 11.6 Å². The molecule has 0 aromatic heterocycles. The van der Waals surface area contributed by atoms with Crippen LogP contribution < -0.4 is 10.5 Å². The number of ether oxygens (including phenoxy) is 1. The third kappa shape index (κ3) is 2.50. The molecule has 0 saturated carbocycles. The number of rotatable bonds is 3. The van der Waals surface area contributed by atoms with Gasteiger partial charge in [0.1, 0.15) is 5.75 Å². The highest BCUT2D eigenvalue weighted by molar-refractivity contribution is 6.30. The fourth-order valence-electron chi connectivity index (χ4n) is 2.08. The Balaban J connectivity index is 2.44. The van der Waals surface area contributed by atoms with Gasteiger partial charge in [0.15, 0.2) is 0 Å². The van der Waals surface area contributed by atoms with Gasteiger partial charge in [0, 0.05) is 10.6 Å². The van der Waals surface area contributed by atoms with E-state index >= 15 is 0 Å². The molecule has 0 radical (unpaired) electrons. The van der Waals surface area contributed by atoms with Gasteiger partial charge in [-0.25, -0.2) is 0 Å². The lowest BCUT2D eigenvalue weighted by Gasteiger charge is -2.18. The molecule has 2 N–H and O–H groups in total. The average molecular weight is 262 g/mol. The summed E-state index contributed by atoms with van der Waals surface area (Å²) in [4.78, 5) is 0. The van der Waals surface area contributed by atoms with Crippen LogP contribution in [-0.2, 0) is 0 Å². The van der Waals surface area contributed by atoms with Gasteiger partial charge in [-0.05, 0) is 36.2 Å². The highest BCUT2D eigenvalue weighted by Gasteiger charge is 2.15. The van der Waals surface area contributed by atoms with Crippen molar-refractivity contribution in [2.75, 3.05) is 7.11 Å². The molecule has 18 heavy (non-hydrogen) atoms. The van der Waals surface area contributed by atoms with Gasteiger partial charge in [-0.15, -0.1) is 0 Å². The normalized spacial score (nSPS) is 12.2. The highest BCUT2D eigenvalue weighted by atomic mass is 35.5. The Bertz CT molecular complexity index is 554. The molecule has 94 valence electrons. The van der Waals surface area contributed by atoms with E-state index in [4.69, 9.17) is 22.1 Å². The zero-order valence-corrected chi connectivity index (χ0v) is 11.2. The highest BCUT2D eigenvalue weighted by Crippen LogP contribution is 2.30. The molecule has 0 aliphatic heterocycles. The Morgan fingerprint density at radius 1 is 1.11 bits per heavy atom. The fraction of sp³-hybridized carbons (Fsp3) is 0.200. The largest absolute Gasteiger partial charge is 0.496 e. The van der Waals surface area contributed by atoms with E-state index < -0.39 is 0 Å². The molecule has 1 atom stereocenters. The van der Waals surface area contributed by atoms with Gasteiger partial charge in [-0.2, -0.15) is 0 Å². The van der Waals surface area contributed by atoms with Crippen LogP contribution in [0.1, 0.15) is 22.7 Å². The number of halogens is 1. The predicted molar refractivity (Wildman–Crippen MR) is 75.2 cm³/mol. The minimum Gasteiger partial charge on any atom is -0.496 e. The van der Waals surface area contributed by atoms with Crippen LogP contribution in [0.2, 0.25) is 5.02 Å². The van der Waals surface area contributed by atoms with Crippen LogP contribution in [-0.4, -0.2) is 7.11 Å². The lowest BCUT2D eigenvalue weighted by Crippen LogP contribution is -2.14. The van der Waals surface area contributed by atoms with Crippen LogP contribution in [0.3, 0.4) is 0 Å². The molecule has 1 unspecified atom stereocenters. The maximum atomic E-state index is 6.32. The van der Waals surface area contributed by atoms with Gasteiger partial charge in [0.2, 0.25) is 0 Å². The Hall–Kier alpha value is -1.51. The maximum absolute atomic E-state index is 6.32. The van der Waals surface area contributed by atoms with Gasteiger partial charge < -0.3 is 10.5 Å². The number of nitrogens with two attached hydrogens (primary N) is 1. The second-order valence-electron chi connectivity index (χ2n) is 4.22. The second-order valence-corrected chi connectivity index (χ2v) is 4.66. The Morgan fingerprint density at radius 3 is 2.50 bits per heavy atom. The van der Waals surface area contributed by atoms with Crippen molar-refractivity contribution < 1.29 is 4.74 Å². The Kier molecular flexibility index (Phi) is 3.90. The standard InChI is InChI=1S/C15H16ClNO/c1-10-9-11(16)7-8-12(10)15(17)13-5-3-4-6-14(13)18-2/h3-9,15H,17H2,1-2H3. The van der Waals surface area contributed by atoms with Crippen molar-refractivity contribution in [2.45, 2.75) is 13.0 Å². The molecule has 0 heterocycles. The lowest BCUT2D eigenvalue weighted by molar-refractivity contribution is 0.408. The monoisotopic (exact) mass is 261 g/mol. The van der Waals surface area contributed by atoms with E-state index in [-0.39, 0.29) is 6.04 Å². The maximum Gasteiger partial charge on any atom is 0.123 e. The van der Waals surface area contributed by atoms with Gasteiger partial charge >= 0.3 is 0 Å². The van der Waals surface area contributed by atoms with Crippen LogP contribution in [0.25, 0.3) is 0 Å². The van der Waals surface area contributed by atoms with E-state index in [1.807, 2.05) is 49.4 Å². The summed E-state index contributed by atoms with van der Waals surface area (Å²) in [5, 5.41) is 0.725. The van der Waals surface area contributed by atoms with Crippen molar-refractivity contribution >= 4 is 11.6 Å². The van der Waals surface area contributed by atoms with Crippen molar-refractivity contribution in [3.05, 3.63) is 64.2 Å². The first-order valence-electron chi connectivity index (χ1n) is 5.78. The summed E-state index contributed by atoms with van der Waals surface area (Å²) in [6.07, 6.45) is 0. The molecule has 2 aromatic rings. The van der Waals surface area contributed by atoms with Crippen molar-refractivity contribution in [3.8, 4) is 5.75 Å². The number of benzene rings is 2. The quantitative estimate of drug-likeness (QED) is 0.914. The van der Waals surface area contributed by atoms with E-state index in [9.17, 15) is 0 Å². The number of para-hydroxylation sites is 1. The van der Waals surface area contributed by atoms with Crippen LogP contribution in [0.5, 0.6) is 5.75 Å². The molecule has 0 aliphatic carbocycles. The minimum atomic E-state index is -0.210. The molecule has 0 fully saturated rings. The van der Waals surface area contributed by atoms with Crippen LogP contribution in [0.15, 0.2) is 42.5 Å². The van der Waals surface area contributed by atoms with Crippen molar-refractivity contribution in [1.82, 2.24) is 0 Å². The number of hydrogen-bond acceptors (Lipinski definition) is 2. The minimum absolute atomic E-state index is 0.210. The van der Waals surface area contributed by atoms with E-state index in [2.05, 4.69) is 0 Å². The third-order valence-corrected chi connectivity index (χ3v) is 3.28. The fourth-order valence-corrected chi connectivity index (χ4v) is 2.31. The topological polar surface area (TPSA) is 35.2 Å². The molecule has 2 nitrogen and oxygen atoms in total. The Morgan fingerprint density at radius 2 is 1.83 bits per heavy atom. The van der Waals surface area contributed by atoms with Gasteiger partial charge in [0.05, 0.1) is 13.2 Å². The molecule has 0 amide bonds. The average Bonchev–Trinajstić information content (AvgIpc) is 2.38. The first kappa shape index (κ1) is 12.9. The molecule has 0 saturated heterocycles. The molecule has 0 bridgehead atoms. The third-order valence-electron chi connectivity index (χ3n) is 3.04. The molecule has 3 heteroatoms. The molecule has 0 aliphatic rings. The van der Waals surface area contributed by atoms with Crippen molar-refractivity contribution in [3.63, 3.8) is 0 Å². The van der Waals surface area contributed by atoms with E-state index in [1.165, 1.54) is 0 Å². The molecule has 2 rings (SSSR count). The van der Waals surface area contributed by atoms with E-state index in [0.29, 0.717) is 0 Å². The summed E-state index contributed by atoms with van der Waals surface area (Å²) in [5.74, 6) is 0.805. The summed E-state index contributed by atoms with van der Waals surface area (Å²) >= 11 is 5.96. The summed E-state index contributed by atoms with van der Waals surface area (Å²) < 4.78 is 5.35. The molecule has 2 aromatic carbocycles. The zero-order valence-electron chi connectivity index (χ0n) is 10.5. The van der Waals surface area contributed by atoms with Crippen LogP contribution in [0, 0.1) is 6.92 Å². The second kappa shape index (κ2) is 5.42. The van der Waals surface area contributed by atoms with Crippen molar-refractivity contribution in [2.24, 2.45) is 5.73 Å². The van der Waals surface area contributed by atoms with E-state index in [1.54, 1.807) is 7.11 Å². The SMILES string of the molecule is COc1ccccc1C(N)c1ccc(Cl)cc1C. The summed E-state index contributed by atoms with van der Waals surface area (Å²) in [5.41, 5.74) is 9.44. The first-order chi connectivity index (χ1) is 8.63. The predicted octanol–water partition coefficient (Wildman–Crippen LogP) is 3.71. The van der Waals surface area contributed by atoms with Crippen LogP contribution in [0.4, 0.5) is 0 Å². The molecule has 0 spiro atoms. The van der Waals surface area contributed by atoms with Gasteiger partial charge in [0.25, 0.3) is 0 Å². The number of hydrogen-bond donors (Lipinski definition) is 1. The molecular weight excluding hydrogens is 246 g/mol. The zero-order chi connectivity index (χ0) is 13.1. The van der Waals surface area contributed by atoms with Gasteiger partial charge in [-0.1, -0.05) is 35.9 Å².